The molecule has 0 aliphatic heterocycles. The van der Waals surface area contributed by atoms with Crippen LogP contribution in [0.25, 0.3) is 0 Å². The second kappa shape index (κ2) is 4.93. The molecule has 0 radical (unpaired) electrons. The van der Waals surface area contributed by atoms with Crippen LogP contribution in [0.3, 0.4) is 0 Å². The summed E-state index contributed by atoms with van der Waals surface area (Å²) in [5.74, 6) is 1.07. The summed E-state index contributed by atoms with van der Waals surface area (Å²) in [6.45, 7) is 2.41. The van der Waals surface area contributed by atoms with Crippen molar-refractivity contribution >= 4 is 5.69 Å². The van der Waals surface area contributed by atoms with Crippen molar-refractivity contribution in [3.05, 3.63) is 29.8 Å². The van der Waals surface area contributed by atoms with Crippen molar-refractivity contribution in [2.45, 2.75) is 38.5 Å². The maximum Gasteiger partial charge on any atom is 0.0314 e. The molecule has 3 rings (SSSR count). The van der Waals surface area contributed by atoms with Crippen LogP contribution in [-0.2, 0) is 6.42 Å². The van der Waals surface area contributed by atoms with Gasteiger partial charge in [0.2, 0.25) is 0 Å². The molecular weight excluding hydrogens is 220 g/mol. The van der Waals surface area contributed by atoms with Gasteiger partial charge in [-0.2, -0.15) is 0 Å². The minimum Gasteiger partial charge on any atom is -0.399 e. The van der Waals surface area contributed by atoms with E-state index in [1.165, 1.54) is 44.2 Å². The molecule has 0 spiro atoms. The molecule has 2 nitrogen and oxygen atoms in total. The van der Waals surface area contributed by atoms with Crippen LogP contribution >= 0.6 is 0 Å². The molecule has 0 aromatic heterocycles. The lowest BCUT2D eigenvalue weighted by molar-refractivity contribution is 0.403. The zero-order chi connectivity index (χ0) is 12.4. The Morgan fingerprint density at radius 2 is 1.89 bits per heavy atom. The quantitative estimate of drug-likeness (QED) is 0.571. The molecule has 0 saturated heterocycles. The van der Waals surface area contributed by atoms with Crippen LogP contribution in [-0.4, -0.2) is 13.1 Å². The molecule has 3 N–H and O–H groups in total. The van der Waals surface area contributed by atoms with E-state index in [2.05, 4.69) is 17.4 Å². The number of hydrogen-bond donors (Lipinski definition) is 2. The van der Waals surface area contributed by atoms with E-state index in [0.717, 1.165) is 30.0 Å². The molecular formula is C16H24N2. The van der Waals surface area contributed by atoms with E-state index in [9.17, 15) is 0 Å². The van der Waals surface area contributed by atoms with Crippen molar-refractivity contribution in [2.75, 3.05) is 18.8 Å². The second-order valence-electron chi connectivity index (χ2n) is 6.16. The predicted molar refractivity (Wildman–Crippen MR) is 76.4 cm³/mol. The topological polar surface area (TPSA) is 38.0 Å². The zero-order valence-electron chi connectivity index (χ0n) is 11.1. The first-order valence-corrected chi connectivity index (χ1v) is 7.34. The number of anilines is 1. The highest BCUT2D eigenvalue weighted by molar-refractivity contribution is 5.39. The number of nitrogen functional groups attached to an aromatic ring is 1. The normalized spacial score (nSPS) is 20.9. The molecule has 18 heavy (non-hydrogen) atoms. The van der Waals surface area contributed by atoms with Gasteiger partial charge in [-0.25, -0.2) is 0 Å². The molecule has 2 aliphatic rings. The van der Waals surface area contributed by atoms with Crippen LogP contribution in [0.1, 0.15) is 37.7 Å². The molecule has 0 unspecified atom stereocenters. The number of benzene rings is 1. The van der Waals surface area contributed by atoms with E-state index in [0.29, 0.717) is 0 Å². The minimum atomic E-state index is 0.737. The SMILES string of the molecule is Nc1ccc(CCCNCC2(C3CC3)CC2)cc1. The van der Waals surface area contributed by atoms with Gasteiger partial charge in [0.15, 0.2) is 0 Å². The Bertz CT molecular complexity index is 388. The Morgan fingerprint density at radius 3 is 2.50 bits per heavy atom. The van der Waals surface area contributed by atoms with Gasteiger partial charge in [-0.05, 0) is 74.1 Å². The summed E-state index contributed by atoms with van der Waals surface area (Å²) in [6.07, 6.45) is 8.32. The Kier molecular flexibility index (Phi) is 3.29. The van der Waals surface area contributed by atoms with Crippen molar-refractivity contribution in [3.8, 4) is 0 Å². The van der Waals surface area contributed by atoms with Gasteiger partial charge in [0, 0.05) is 12.2 Å². The number of nitrogens with two attached hydrogens (primary N) is 1. The molecule has 1 aromatic carbocycles. The standard InChI is InChI=1S/C16H24N2/c17-15-7-3-13(4-8-15)2-1-11-18-12-16(9-10-16)14-5-6-14/h3-4,7-8,14,18H,1-2,5-6,9-12,17H2. The number of nitrogens with one attached hydrogen (secondary N) is 1. The third-order valence-electron chi connectivity index (χ3n) is 4.61. The zero-order valence-corrected chi connectivity index (χ0v) is 11.1. The van der Waals surface area contributed by atoms with Gasteiger partial charge < -0.3 is 11.1 Å². The number of rotatable bonds is 7. The lowest BCUT2D eigenvalue weighted by Crippen LogP contribution is -2.26. The van der Waals surface area contributed by atoms with Crippen LogP contribution < -0.4 is 11.1 Å². The predicted octanol–water partition coefficient (Wildman–Crippen LogP) is 2.98. The van der Waals surface area contributed by atoms with Crippen LogP contribution in [0.5, 0.6) is 0 Å². The van der Waals surface area contributed by atoms with Crippen molar-refractivity contribution in [2.24, 2.45) is 11.3 Å². The van der Waals surface area contributed by atoms with Crippen LogP contribution in [0.15, 0.2) is 24.3 Å². The van der Waals surface area contributed by atoms with E-state index in [1.54, 1.807) is 0 Å². The fourth-order valence-corrected chi connectivity index (χ4v) is 3.02. The smallest absolute Gasteiger partial charge is 0.0314 e. The summed E-state index contributed by atoms with van der Waals surface area (Å²) < 4.78 is 0. The van der Waals surface area contributed by atoms with Crippen molar-refractivity contribution in [1.29, 1.82) is 0 Å². The fraction of sp³-hybridized carbons (Fsp3) is 0.625. The third-order valence-corrected chi connectivity index (χ3v) is 4.61. The average molecular weight is 244 g/mol. The molecule has 98 valence electrons. The van der Waals surface area contributed by atoms with E-state index in [4.69, 9.17) is 5.73 Å². The van der Waals surface area contributed by atoms with E-state index in [1.807, 2.05) is 12.1 Å². The molecule has 0 atom stereocenters. The van der Waals surface area contributed by atoms with E-state index >= 15 is 0 Å². The van der Waals surface area contributed by atoms with Gasteiger partial charge in [0.25, 0.3) is 0 Å². The fourth-order valence-electron chi connectivity index (χ4n) is 3.02. The van der Waals surface area contributed by atoms with E-state index in [-0.39, 0.29) is 0 Å². The molecule has 0 amide bonds. The Hall–Kier alpha value is -1.02. The van der Waals surface area contributed by atoms with E-state index < -0.39 is 0 Å². The van der Waals surface area contributed by atoms with Gasteiger partial charge in [0.05, 0.1) is 0 Å². The Labute approximate surface area is 110 Å². The van der Waals surface area contributed by atoms with Gasteiger partial charge in [0.1, 0.15) is 0 Å². The molecule has 2 heteroatoms. The first kappa shape index (κ1) is 12.0. The molecule has 2 saturated carbocycles. The summed E-state index contributed by atoms with van der Waals surface area (Å²) in [4.78, 5) is 0. The van der Waals surface area contributed by atoms with Crippen molar-refractivity contribution in [3.63, 3.8) is 0 Å². The molecule has 1 aromatic rings. The van der Waals surface area contributed by atoms with Gasteiger partial charge in [-0.1, -0.05) is 12.1 Å². The maximum atomic E-state index is 5.68. The molecule has 0 bridgehead atoms. The minimum absolute atomic E-state index is 0.737. The first-order valence-electron chi connectivity index (χ1n) is 7.34. The Balaban J connectivity index is 1.32. The van der Waals surface area contributed by atoms with Gasteiger partial charge >= 0.3 is 0 Å². The Morgan fingerprint density at radius 1 is 1.17 bits per heavy atom. The van der Waals surface area contributed by atoms with Crippen molar-refractivity contribution < 1.29 is 0 Å². The lowest BCUT2D eigenvalue weighted by atomic mass is 10.0. The summed E-state index contributed by atoms with van der Waals surface area (Å²) in [5.41, 5.74) is 8.67. The second-order valence-corrected chi connectivity index (χ2v) is 6.16. The van der Waals surface area contributed by atoms with Crippen molar-refractivity contribution in [1.82, 2.24) is 5.32 Å². The number of hydrogen-bond acceptors (Lipinski definition) is 2. The van der Waals surface area contributed by atoms with Crippen LogP contribution in [0, 0.1) is 11.3 Å². The van der Waals surface area contributed by atoms with Crippen LogP contribution in [0.2, 0.25) is 0 Å². The highest BCUT2D eigenvalue weighted by atomic mass is 14.9. The molecule has 0 heterocycles. The monoisotopic (exact) mass is 244 g/mol. The number of aryl methyl sites for hydroxylation is 1. The first-order chi connectivity index (χ1) is 8.78. The molecule has 2 fully saturated rings. The van der Waals surface area contributed by atoms with Gasteiger partial charge in [-0.15, -0.1) is 0 Å². The largest absolute Gasteiger partial charge is 0.399 e. The lowest BCUT2D eigenvalue weighted by Gasteiger charge is -2.14. The van der Waals surface area contributed by atoms with Gasteiger partial charge in [-0.3, -0.25) is 0 Å². The third kappa shape index (κ3) is 2.86. The highest BCUT2D eigenvalue weighted by Gasteiger charge is 2.52. The maximum absolute atomic E-state index is 5.68. The molecule has 2 aliphatic carbocycles. The summed E-state index contributed by atoms with van der Waals surface area (Å²) in [6, 6.07) is 8.27. The summed E-state index contributed by atoms with van der Waals surface area (Å²) >= 11 is 0. The highest BCUT2D eigenvalue weighted by Crippen LogP contribution is 2.60. The average Bonchev–Trinajstić information content (AvgIpc) is 3.25. The van der Waals surface area contributed by atoms with Crippen LogP contribution in [0.4, 0.5) is 5.69 Å². The summed E-state index contributed by atoms with van der Waals surface area (Å²) in [5, 5.41) is 3.67. The summed E-state index contributed by atoms with van der Waals surface area (Å²) in [7, 11) is 0.